The predicted molar refractivity (Wildman–Crippen MR) is 87.5 cm³/mol. The Morgan fingerprint density at radius 1 is 1.33 bits per heavy atom. The molecule has 2 N–H and O–H groups in total. The fourth-order valence-corrected chi connectivity index (χ4v) is 3.15. The van der Waals surface area contributed by atoms with Crippen molar-refractivity contribution in [2.45, 2.75) is 51.4 Å². The maximum absolute atomic E-state index is 9.22. The van der Waals surface area contributed by atoms with Crippen molar-refractivity contribution in [2.75, 3.05) is 6.61 Å². The van der Waals surface area contributed by atoms with Crippen LogP contribution in [-0.4, -0.2) is 38.2 Å². The number of rotatable bonds is 4. The summed E-state index contributed by atoms with van der Waals surface area (Å²) in [5, 5.41) is 18.6. The maximum Gasteiger partial charge on any atom is 0.488 e. The van der Waals surface area contributed by atoms with E-state index < -0.39 is 15.4 Å². The van der Waals surface area contributed by atoms with E-state index in [1.54, 1.807) is 18.2 Å². The van der Waals surface area contributed by atoms with E-state index in [-0.39, 0.29) is 11.1 Å². The fraction of sp³-hybridized carbons (Fsp3) is 0.600. The fourth-order valence-electron chi connectivity index (χ4n) is 2.11. The first-order valence-corrected chi connectivity index (χ1v) is 10.3. The smallest absolute Gasteiger partial charge is 0.487 e. The van der Waals surface area contributed by atoms with Gasteiger partial charge in [-0.25, -0.2) is 0 Å². The van der Waals surface area contributed by atoms with Crippen LogP contribution in [0.4, 0.5) is 0 Å². The minimum Gasteiger partial charge on any atom is -0.487 e. The molecule has 0 aromatic heterocycles. The lowest BCUT2D eigenvalue weighted by atomic mass is 9.79. The van der Waals surface area contributed by atoms with Gasteiger partial charge in [0.2, 0.25) is 0 Å². The Kier molecular flexibility index (Phi) is 4.54. The number of hydrogen-bond acceptors (Lipinski definition) is 4. The topological polar surface area (TPSA) is 58.9 Å². The van der Waals surface area contributed by atoms with Gasteiger partial charge in [0, 0.05) is 6.42 Å². The molecule has 0 aliphatic carbocycles. The molecule has 0 bridgehead atoms. The third-order valence-corrected chi connectivity index (χ3v) is 9.06. The van der Waals surface area contributed by atoms with Crippen LogP contribution in [0.2, 0.25) is 18.1 Å². The summed E-state index contributed by atoms with van der Waals surface area (Å²) in [5.41, 5.74) is 1.52. The minimum atomic E-state index is -1.76. The average molecular weight is 308 g/mol. The molecule has 116 valence electrons. The Morgan fingerprint density at radius 2 is 2.00 bits per heavy atom. The van der Waals surface area contributed by atoms with Crippen LogP contribution in [-0.2, 0) is 10.8 Å². The largest absolute Gasteiger partial charge is 0.488 e. The second-order valence-corrected chi connectivity index (χ2v) is 12.1. The molecule has 4 nitrogen and oxygen atoms in total. The zero-order valence-corrected chi connectivity index (χ0v) is 14.5. The number of ether oxygens (including phenoxy) is 1. The highest BCUT2D eigenvalue weighted by atomic mass is 28.4. The first kappa shape index (κ1) is 16.6. The number of benzene rings is 1. The van der Waals surface area contributed by atoms with Crippen molar-refractivity contribution < 1.29 is 19.2 Å². The number of hydrogen-bond donors (Lipinski definition) is 2. The van der Waals surface area contributed by atoms with Gasteiger partial charge in [-0.15, -0.1) is 0 Å². The maximum atomic E-state index is 9.22. The Labute approximate surface area is 128 Å². The highest BCUT2D eigenvalue weighted by Gasteiger charge is 2.38. The van der Waals surface area contributed by atoms with Gasteiger partial charge in [-0.05, 0) is 35.2 Å². The lowest BCUT2D eigenvalue weighted by molar-refractivity contribution is 0.139. The van der Waals surface area contributed by atoms with Gasteiger partial charge in [0.15, 0.2) is 8.32 Å². The number of fused-ring (bicyclic) bond motifs is 1. The van der Waals surface area contributed by atoms with Crippen molar-refractivity contribution >= 4 is 20.9 Å². The monoisotopic (exact) mass is 308 g/mol. The minimum absolute atomic E-state index is 0.0141. The van der Waals surface area contributed by atoms with Crippen LogP contribution in [0.3, 0.4) is 0 Å². The molecule has 1 aromatic carbocycles. The normalized spacial score (nSPS) is 18.3. The molecular formula is C15H25BO4Si. The molecule has 1 heterocycles. The SMILES string of the molecule is CC(C)(C)[Si](C)(C)OCC1Cc2cc(B(O)O)ccc2O1. The van der Waals surface area contributed by atoms with E-state index >= 15 is 0 Å². The Morgan fingerprint density at radius 3 is 2.57 bits per heavy atom. The van der Waals surface area contributed by atoms with Crippen molar-refractivity contribution in [3.8, 4) is 5.75 Å². The molecule has 0 saturated carbocycles. The Hall–Kier alpha value is -0.818. The molecule has 2 rings (SSSR count). The van der Waals surface area contributed by atoms with Crippen LogP contribution in [0.5, 0.6) is 5.75 Å². The molecule has 1 aliphatic rings. The summed E-state index contributed by atoms with van der Waals surface area (Å²) in [5.74, 6) is 0.822. The third-order valence-electron chi connectivity index (χ3n) is 4.56. The highest BCUT2D eigenvalue weighted by molar-refractivity contribution is 6.74. The highest BCUT2D eigenvalue weighted by Crippen LogP contribution is 2.37. The summed E-state index contributed by atoms with van der Waals surface area (Å²) in [7, 11) is -3.20. The summed E-state index contributed by atoms with van der Waals surface area (Å²) in [6.45, 7) is 11.7. The molecule has 0 radical (unpaired) electrons. The molecular weight excluding hydrogens is 283 g/mol. The molecule has 1 unspecified atom stereocenters. The summed E-state index contributed by atoms with van der Waals surface area (Å²) in [6, 6.07) is 5.28. The zero-order valence-electron chi connectivity index (χ0n) is 13.5. The standard InChI is InChI=1S/C15H25BO4Si/c1-15(2,3)21(4,5)19-10-13-9-11-8-12(16(17)18)6-7-14(11)20-13/h6-8,13,17-18H,9-10H2,1-5H3. The van der Waals surface area contributed by atoms with Gasteiger partial charge in [0.25, 0.3) is 0 Å². The first-order chi connectivity index (χ1) is 9.60. The van der Waals surface area contributed by atoms with Crippen LogP contribution in [0.25, 0.3) is 0 Å². The summed E-state index contributed by atoms with van der Waals surface area (Å²) >= 11 is 0. The quantitative estimate of drug-likeness (QED) is 0.831. The van der Waals surface area contributed by atoms with Gasteiger partial charge in [-0.1, -0.05) is 32.9 Å². The average Bonchev–Trinajstić information content (AvgIpc) is 2.76. The first-order valence-electron chi connectivity index (χ1n) is 7.40. The van der Waals surface area contributed by atoms with Crippen molar-refractivity contribution in [1.29, 1.82) is 0 Å². The summed E-state index contributed by atoms with van der Waals surface area (Å²) < 4.78 is 12.1. The second-order valence-electron chi connectivity index (χ2n) is 7.26. The van der Waals surface area contributed by atoms with Crippen molar-refractivity contribution in [1.82, 2.24) is 0 Å². The molecule has 1 atom stereocenters. The van der Waals surface area contributed by atoms with Crippen molar-refractivity contribution in [3.05, 3.63) is 23.8 Å². The van der Waals surface area contributed by atoms with Gasteiger partial charge in [-0.3, -0.25) is 0 Å². The molecule has 6 heteroatoms. The zero-order chi connectivity index (χ0) is 15.8. The van der Waals surface area contributed by atoms with Crippen molar-refractivity contribution in [3.63, 3.8) is 0 Å². The molecule has 1 aromatic rings. The van der Waals surface area contributed by atoms with E-state index in [1.165, 1.54) is 0 Å². The van der Waals surface area contributed by atoms with E-state index in [0.29, 0.717) is 12.1 Å². The van der Waals surface area contributed by atoms with Gasteiger partial charge in [0.05, 0.1) is 6.61 Å². The molecule has 0 saturated heterocycles. The van der Waals surface area contributed by atoms with E-state index in [2.05, 4.69) is 33.9 Å². The molecule has 1 aliphatic heterocycles. The summed E-state index contributed by atoms with van der Waals surface area (Å²) in [4.78, 5) is 0. The Bertz CT molecular complexity index is 511. The van der Waals surface area contributed by atoms with Crippen LogP contribution in [0, 0.1) is 0 Å². The van der Waals surface area contributed by atoms with Crippen LogP contribution in [0.1, 0.15) is 26.3 Å². The summed E-state index contributed by atoms with van der Waals surface area (Å²) in [6.07, 6.45) is 0.769. The molecule has 21 heavy (non-hydrogen) atoms. The van der Waals surface area contributed by atoms with E-state index in [9.17, 15) is 10.0 Å². The van der Waals surface area contributed by atoms with Gasteiger partial charge in [0.1, 0.15) is 11.9 Å². The lowest BCUT2D eigenvalue weighted by Gasteiger charge is -2.36. The molecule has 0 amide bonds. The van der Waals surface area contributed by atoms with Crippen molar-refractivity contribution in [2.24, 2.45) is 0 Å². The molecule has 0 fully saturated rings. The van der Waals surface area contributed by atoms with Crippen LogP contribution < -0.4 is 10.2 Å². The van der Waals surface area contributed by atoms with E-state index in [1.807, 2.05) is 0 Å². The Balaban J connectivity index is 1.98. The van der Waals surface area contributed by atoms with Gasteiger partial charge >= 0.3 is 7.12 Å². The van der Waals surface area contributed by atoms with E-state index in [4.69, 9.17) is 9.16 Å². The van der Waals surface area contributed by atoms with E-state index in [0.717, 1.165) is 17.7 Å². The van der Waals surface area contributed by atoms with Gasteiger partial charge in [-0.2, -0.15) is 0 Å². The predicted octanol–water partition coefficient (Wildman–Crippen LogP) is 1.69. The molecule has 0 spiro atoms. The third kappa shape index (κ3) is 3.69. The lowest BCUT2D eigenvalue weighted by Crippen LogP contribution is -2.43. The van der Waals surface area contributed by atoms with Crippen LogP contribution >= 0.6 is 0 Å². The van der Waals surface area contributed by atoms with Gasteiger partial charge < -0.3 is 19.2 Å². The van der Waals surface area contributed by atoms with Crippen LogP contribution in [0.15, 0.2) is 18.2 Å². The second kappa shape index (κ2) is 5.76.